The van der Waals surface area contributed by atoms with Crippen molar-refractivity contribution in [2.45, 2.75) is 0 Å². The number of amides is 2. The molecule has 0 aliphatic carbocycles. The minimum atomic E-state index is -1.11. The van der Waals surface area contributed by atoms with Crippen LogP contribution in [-0.2, 0) is 9.59 Å². The fourth-order valence-corrected chi connectivity index (χ4v) is 1.06. The first-order valence-electron chi connectivity index (χ1n) is 3.64. The minimum absolute atomic E-state index is 0.00602. The van der Waals surface area contributed by atoms with Crippen LogP contribution < -0.4 is 10.6 Å². The number of carbonyl (C=O) groups excluding carboxylic acids is 2. The molecule has 71 valence electrons. The summed E-state index contributed by atoms with van der Waals surface area (Å²) in [6.07, 6.45) is 0. The van der Waals surface area contributed by atoms with Crippen LogP contribution in [0.1, 0.15) is 0 Å². The molecule has 1 aliphatic rings. The number of halogens is 2. The summed E-state index contributed by atoms with van der Waals surface area (Å²) < 4.78 is 25.3. The van der Waals surface area contributed by atoms with Gasteiger partial charge in [0, 0.05) is 12.1 Å². The average Bonchev–Trinajstić information content (AvgIpc) is 2.11. The van der Waals surface area contributed by atoms with Gasteiger partial charge in [0.05, 0.1) is 11.4 Å². The van der Waals surface area contributed by atoms with Crippen LogP contribution >= 0.6 is 0 Å². The van der Waals surface area contributed by atoms with Crippen molar-refractivity contribution in [1.82, 2.24) is 5.32 Å². The number of hydrogen-bond acceptors (Lipinski definition) is 2. The third-order valence-electron chi connectivity index (χ3n) is 1.70. The zero-order valence-corrected chi connectivity index (χ0v) is 6.67. The Morgan fingerprint density at radius 2 is 1.79 bits per heavy atom. The van der Waals surface area contributed by atoms with E-state index < -0.39 is 23.4 Å². The highest BCUT2D eigenvalue weighted by Gasteiger charge is 2.25. The van der Waals surface area contributed by atoms with Crippen molar-refractivity contribution in [2.24, 2.45) is 0 Å². The maximum Gasteiger partial charge on any atom is 0.335 e. The second-order valence-electron chi connectivity index (χ2n) is 2.65. The Labute approximate surface area is 76.9 Å². The van der Waals surface area contributed by atoms with E-state index in [-0.39, 0.29) is 11.4 Å². The monoisotopic (exact) mass is 197 g/mol. The molecular formula is C8H3F2N2O2. The van der Waals surface area contributed by atoms with Gasteiger partial charge in [-0.2, -0.15) is 0 Å². The molecule has 0 fully saturated rings. The van der Waals surface area contributed by atoms with Gasteiger partial charge in [0.15, 0.2) is 11.6 Å². The van der Waals surface area contributed by atoms with E-state index in [1.807, 2.05) is 0 Å². The summed E-state index contributed by atoms with van der Waals surface area (Å²) in [5, 5.41) is 5.36. The molecule has 0 aromatic heterocycles. The van der Waals surface area contributed by atoms with E-state index in [0.29, 0.717) is 0 Å². The summed E-state index contributed by atoms with van der Waals surface area (Å²) in [5.41, 5.74) is -0.0815. The average molecular weight is 197 g/mol. The molecule has 1 radical (unpaired) electrons. The normalized spacial score (nSPS) is 14.4. The van der Waals surface area contributed by atoms with E-state index in [1.165, 1.54) is 0 Å². The van der Waals surface area contributed by atoms with Crippen LogP contribution in [0.5, 0.6) is 0 Å². The lowest BCUT2D eigenvalue weighted by Gasteiger charge is -2.14. The summed E-state index contributed by atoms with van der Waals surface area (Å²) in [5.74, 6) is -4.20. The first-order valence-corrected chi connectivity index (χ1v) is 3.64. The molecule has 0 spiro atoms. The van der Waals surface area contributed by atoms with E-state index in [0.717, 1.165) is 12.1 Å². The van der Waals surface area contributed by atoms with Gasteiger partial charge in [-0.25, -0.2) is 14.1 Å². The molecule has 1 heterocycles. The first-order chi connectivity index (χ1) is 6.58. The second kappa shape index (κ2) is 2.76. The van der Waals surface area contributed by atoms with Gasteiger partial charge in [-0.3, -0.25) is 9.59 Å². The lowest BCUT2D eigenvalue weighted by Crippen LogP contribution is -2.33. The van der Waals surface area contributed by atoms with Crippen LogP contribution in [0.4, 0.5) is 20.2 Å². The SMILES string of the molecule is O=C1[N]c2cc(F)c(F)cc2NC1=O. The molecule has 6 heteroatoms. The Hall–Kier alpha value is -1.98. The third kappa shape index (κ3) is 1.20. The number of anilines is 1. The number of carbonyl (C=O) groups is 2. The predicted molar refractivity (Wildman–Crippen MR) is 41.8 cm³/mol. The van der Waals surface area contributed by atoms with Gasteiger partial charge in [-0.15, -0.1) is 0 Å². The molecule has 14 heavy (non-hydrogen) atoms. The Bertz CT molecular complexity index is 404. The summed E-state index contributed by atoms with van der Waals surface area (Å²) in [4.78, 5) is 21.5. The lowest BCUT2D eigenvalue weighted by atomic mass is 10.2. The molecular weight excluding hydrogens is 194 g/mol. The fraction of sp³-hybridized carbons (Fsp3) is 0. The molecule has 4 nitrogen and oxygen atoms in total. The molecule has 0 atom stereocenters. The Morgan fingerprint density at radius 1 is 1.14 bits per heavy atom. The van der Waals surface area contributed by atoms with Crippen molar-refractivity contribution >= 4 is 23.2 Å². The van der Waals surface area contributed by atoms with Gasteiger partial charge in [0.1, 0.15) is 0 Å². The summed E-state index contributed by atoms with van der Waals surface area (Å²) >= 11 is 0. The number of nitrogens with zero attached hydrogens (tertiary/aromatic N) is 1. The van der Waals surface area contributed by atoms with Crippen molar-refractivity contribution in [3.05, 3.63) is 23.8 Å². The molecule has 0 bridgehead atoms. The fourth-order valence-electron chi connectivity index (χ4n) is 1.06. The van der Waals surface area contributed by atoms with Crippen molar-refractivity contribution in [1.29, 1.82) is 0 Å². The smallest absolute Gasteiger partial charge is 0.316 e. The predicted octanol–water partition coefficient (Wildman–Crippen LogP) is 0.679. The Morgan fingerprint density at radius 3 is 2.50 bits per heavy atom. The van der Waals surface area contributed by atoms with Gasteiger partial charge in [-0.1, -0.05) is 0 Å². The minimum Gasteiger partial charge on any atom is -0.316 e. The third-order valence-corrected chi connectivity index (χ3v) is 1.70. The maximum atomic E-state index is 12.7. The molecule has 2 rings (SSSR count). The van der Waals surface area contributed by atoms with Gasteiger partial charge >= 0.3 is 11.8 Å². The number of hydrogen-bond donors (Lipinski definition) is 1. The van der Waals surface area contributed by atoms with E-state index in [2.05, 4.69) is 10.6 Å². The van der Waals surface area contributed by atoms with E-state index >= 15 is 0 Å². The second-order valence-corrected chi connectivity index (χ2v) is 2.65. The van der Waals surface area contributed by atoms with Gasteiger partial charge in [0.25, 0.3) is 0 Å². The first kappa shape index (κ1) is 8.61. The number of rotatable bonds is 0. The standard InChI is InChI=1S/C8H3F2N2O2/c9-3-1-5-6(2-4(3)10)12-8(14)7(13)11-5/h1-2H,(H,11,13). The number of fused-ring (bicyclic) bond motifs is 1. The molecule has 1 aliphatic heterocycles. The topological polar surface area (TPSA) is 60.3 Å². The largest absolute Gasteiger partial charge is 0.335 e. The van der Waals surface area contributed by atoms with Crippen LogP contribution in [0.25, 0.3) is 0 Å². The van der Waals surface area contributed by atoms with Crippen molar-refractivity contribution in [3.63, 3.8) is 0 Å². The highest BCUT2D eigenvalue weighted by atomic mass is 19.2. The molecule has 1 aromatic rings. The van der Waals surface area contributed by atoms with E-state index in [9.17, 15) is 18.4 Å². The Kier molecular flexibility index (Phi) is 1.70. The molecule has 1 N–H and O–H groups in total. The van der Waals surface area contributed by atoms with E-state index in [4.69, 9.17) is 0 Å². The Balaban J connectivity index is 2.53. The van der Waals surface area contributed by atoms with Crippen LogP contribution in [0.15, 0.2) is 12.1 Å². The maximum absolute atomic E-state index is 12.7. The number of benzene rings is 1. The van der Waals surface area contributed by atoms with Crippen molar-refractivity contribution in [2.75, 3.05) is 5.32 Å². The van der Waals surface area contributed by atoms with Crippen LogP contribution in [0, 0.1) is 11.6 Å². The van der Waals surface area contributed by atoms with Crippen LogP contribution in [-0.4, -0.2) is 11.8 Å². The van der Waals surface area contributed by atoms with Crippen LogP contribution in [0.2, 0.25) is 0 Å². The quantitative estimate of drug-likeness (QED) is 0.621. The van der Waals surface area contributed by atoms with Crippen molar-refractivity contribution in [3.8, 4) is 0 Å². The van der Waals surface area contributed by atoms with Crippen LogP contribution in [0.3, 0.4) is 0 Å². The summed E-state index contributed by atoms with van der Waals surface area (Å²) in [6, 6.07) is 1.53. The highest BCUT2D eigenvalue weighted by Crippen LogP contribution is 2.27. The van der Waals surface area contributed by atoms with Gasteiger partial charge in [-0.05, 0) is 0 Å². The molecule has 1 aromatic carbocycles. The molecule has 2 amide bonds. The lowest BCUT2D eigenvalue weighted by molar-refractivity contribution is -0.135. The summed E-state index contributed by atoms with van der Waals surface area (Å²) in [6.45, 7) is 0. The number of nitrogens with one attached hydrogen (secondary N) is 1. The highest BCUT2D eigenvalue weighted by molar-refractivity contribution is 6.42. The van der Waals surface area contributed by atoms with Gasteiger partial charge < -0.3 is 5.32 Å². The van der Waals surface area contributed by atoms with Gasteiger partial charge in [0.2, 0.25) is 0 Å². The molecule has 0 saturated heterocycles. The zero-order valence-electron chi connectivity index (χ0n) is 6.67. The van der Waals surface area contributed by atoms with E-state index in [1.54, 1.807) is 0 Å². The summed E-state index contributed by atoms with van der Waals surface area (Å²) in [7, 11) is 0. The molecule has 0 unspecified atom stereocenters. The zero-order chi connectivity index (χ0) is 10.3. The van der Waals surface area contributed by atoms with Crippen molar-refractivity contribution < 1.29 is 18.4 Å². The molecule has 0 saturated carbocycles.